The quantitative estimate of drug-likeness (QED) is 0.676. The average molecular weight is 410 g/mol. The van der Waals surface area contributed by atoms with Crippen molar-refractivity contribution in [2.45, 2.75) is 39.8 Å². The number of hydrogen-bond acceptors (Lipinski definition) is 4. The van der Waals surface area contributed by atoms with Crippen LogP contribution < -0.4 is 16.6 Å². The molecule has 1 atom stereocenters. The number of amides is 1. The lowest BCUT2D eigenvalue weighted by atomic mass is 10.2. The van der Waals surface area contributed by atoms with Crippen molar-refractivity contribution in [3.63, 3.8) is 0 Å². The van der Waals surface area contributed by atoms with Gasteiger partial charge in [-0.3, -0.25) is 14.2 Å². The predicted octanol–water partition coefficient (Wildman–Crippen LogP) is 2.42. The van der Waals surface area contributed by atoms with Crippen molar-refractivity contribution in [3.05, 3.63) is 92.0 Å². The topological polar surface area (TPSA) is 86.0 Å². The summed E-state index contributed by atoms with van der Waals surface area (Å²) in [6, 6.07) is 12.4. The number of aromatic nitrogens is 3. The lowest BCUT2D eigenvalue weighted by Crippen LogP contribution is -2.47. The molecule has 1 aromatic heterocycles. The Balaban J connectivity index is 2.20. The minimum atomic E-state index is -0.825. The van der Waals surface area contributed by atoms with Crippen LogP contribution in [0.1, 0.15) is 41.9 Å². The van der Waals surface area contributed by atoms with Gasteiger partial charge in [0.25, 0.3) is 11.5 Å². The summed E-state index contributed by atoms with van der Waals surface area (Å²) in [6.07, 6.45) is 0.667. The highest BCUT2D eigenvalue weighted by molar-refractivity contribution is 5.91. The molecule has 3 rings (SSSR count). The van der Waals surface area contributed by atoms with Crippen LogP contribution in [0.2, 0.25) is 0 Å². The molecule has 0 bridgehead atoms. The van der Waals surface area contributed by atoms with E-state index >= 15 is 0 Å². The van der Waals surface area contributed by atoms with E-state index in [9.17, 15) is 18.8 Å². The molecular formula is C22H23FN4O3. The zero-order valence-corrected chi connectivity index (χ0v) is 17.1. The molecule has 8 heteroatoms. The summed E-state index contributed by atoms with van der Waals surface area (Å²) in [5.74, 6) is -1.15. The van der Waals surface area contributed by atoms with Crippen LogP contribution in [0.3, 0.4) is 0 Å². The molecule has 3 aromatic rings. The molecule has 1 unspecified atom stereocenters. The standard InChI is InChI=1S/C22H23FN4O3/c1-4-15(3)24-20(28)19-21(29)26(13-16-8-6-9-17(23)12-16)22(30)27(25-19)18-10-5-7-14(2)11-18/h5-12,15H,4,13H2,1-3H3,(H,24,28). The Bertz CT molecular complexity index is 1200. The fourth-order valence-corrected chi connectivity index (χ4v) is 2.94. The number of aryl methyl sites for hydroxylation is 1. The fraction of sp³-hybridized carbons (Fsp3) is 0.273. The van der Waals surface area contributed by atoms with Crippen molar-refractivity contribution >= 4 is 5.91 Å². The van der Waals surface area contributed by atoms with Crippen LogP contribution in [0.5, 0.6) is 0 Å². The Morgan fingerprint density at radius 1 is 1.17 bits per heavy atom. The van der Waals surface area contributed by atoms with E-state index in [0.717, 1.165) is 14.8 Å². The monoisotopic (exact) mass is 410 g/mol. The maximum Gasteiger partial charge on any atom is 0.352 e. The normalized spacial score (nSPS) is 11.9. The van der Waals surface area contributed by atoms with Gasteiger partial charge in [-0.2, -0.15) is 9.78 Å². The van der Waals surface area contributed by atoms with Crippen molar-refractivity contribution < 1.29 is 9.18 Å². The molecule has 0 saturated carbocycles. The van der Waals surface area contributed by atoms with E-state index in [2.05, 4.69) is 10.4 Å². The first-order chi connectivity index (χ1) is 14.3. The molecule has 156 valence electrons. The number of carbonyl (C=O) groups excluding carboxylic acids is 1. The van der Waals surface area contributed by atoms with Crippen molar-refractivity contribution in [1.82, 2.24) is 19.7 Å². The number of benzene rings is 2. The van der Waals surface area contributed by atoms with E-state index in [-0.39, 0.29) is 12.6 Å². The molecule has 1 amide bonds. The summed E-state index contributed by atoms with van der Waals surface area (Å²) in [4.78, 5) is 38.7. The van der Waals surface area contributed by atoms with Gasteiger partial charge in [-0.25, -0.2) is 9.18 Å². The molecule has 1 heterocycles. The van der Waals surface area contributed by atoms with Crippen molar-refractivity contribution in [2.24, 2.45) is 0 Å². The van der Waals surface area contributed by atoms with Crippen LogP contribution in [0.25, 0.3) is 5.69 Å². The Morgan fingerprint density at radius 3 is 2.57 bits per heavy atom. The molecule has 7 nitrogen and oxygen atoms in total. The number of nitrogens with one attached hydrogen (secondary N) is 1. The molecule has 0 aliphatic rings. The van der Waals surface area contributed by atoms with Crippen LogP contribution >= 0.6 is 0 Å². The first kappa shape index (κ1) is 21.2. The van der Waals surface area contributed by atoms with E-state index in [1.54, 1.807) is 31.2 Å². The third-order valence-corrected chi connectivity index (χ3v) is 4.74. The van der Waals surface area contributed by atoms with E-state index in [0.29, 0.717) is 17.7 Å². The number of hydrogen-bond donors (Lipinski definition) is 1. The van der Waals surface area contributed by atoms with Gasteiger partial charge in [-0.1, -0.05) is 31.2 Å². The Morgan fingerprint density at radius 2 is 1.90 bits per heavy atom. The number of carbonyl (C=O) groups is 1. The van der Waals surface area contributed by atoms with Crippen LogP contribution in [-0.2, 0) is 6.54 Å². The molecule has 0 fully saturated rings. The van der Waals surface area contributed by atoms with E-state index in [4.69, 9.17) is 0 Å². The molecule has 30 heavy (non-hydrogen) atoms. The van der Waals surface area contributed by atoms with Gasteiger partial charge in [-0.15, -0.1) is 0 Å². The Hall–Kier alpha value is -3.55. The molecule has 0 saturated heterocycles. The van der Waals surface area contributed by atoms with Crippen molar-refractivity contribution in [2.75, 3.05) is 0 Å². The molecule has 1 N–H and O–H groups in total. The lowest BCUT2D eigenvalue weighted by molar-refractivity contribution is 0.0929. The summed E-state index contributed by atoms with van der Waals surface area (Å²) in [6.45, 7) is 5.37. The number of rotatable bonds is 6. The number of nitrogens with zero attached hydrogens (tertiary/aromatic N) is 3. The molecule has 0 aliphatic heterocycles. The molecule has 0 spiro atoms. The van der Waals surface area contributed by atoms with Gasteiger partial charge in [0.1, 0.15) is 5.82 Å². The van der Waals surface area contributed by atoms with E-state index < -0.39 is 28.7 Å². The zero-order valence-electron chi connectivity index (χ0n) is 17.1. The average Bonchev–Trinajstić information content (AvgIpc) is 2.71. The molecular weight excluding hydrogens is 387 g/mol. The zero-order chi connectivity index (χ0) is 21.8. The Kier molecular flexibility index (Phi) is 6.25. The number of halogens is 1. The van der Waals surface area contributed by atoms with Crippen molar-refractivity contribution in [1.29, 1.82) is 0 Å². The van der Waals surface area contributed by atoms with Gasteiger partial charge in [0.2, 0.25) is 5.69 Å². The highest BCUT2D eigenvalue weighted by atomic mass is 19.1. The second-order valence-electron chi connectivity index (χ2n) is 7.19. The molecule has 2 aromatic carbocycles. The first-order valence-corrected chi connectivity index (χ1v) is 9.66. The highest BCUT2D eigenvalue weighted by Crippen LogP contribution is 2.08. The van der Waals surface area contributed by atoms with Gasteiger partial charge in [0, 0.05) is 6.04 Å². The van der Waals surface area contributed by atoms with Crippen LogP contribution in [0.15, 0.2) is 58.1 Å². The molecule has 0 aliphatic carbocycles. The first-order valence-electron chi connectivity index (χ1n) is 9.66. The largest absolute Gasteiger partial charge is 0.352 e. The third-order valence-electron chi connectivity index (χ3n) is 4.74. The maximum atomic E-state index is 13.6. The minimum Gasteiger partial charge on any atom is -0.348 e. The van der Waals surface area contributed by atoms with Gasteiger partial charge < -0.3 is 5.32 Å². The third kappa shape index (κ3) is 4.53. The lowest BCUT2D eigenvalue weighted by Gasteiger charge is -2.14. The van der Waals surface area contributed by atoms with Gasteiger partial charge in [0.05, 0.1) is 12.2 Å². The van der Waals surface area contributed by atoms with Gasteiger partial charge in [-0.05, 0) is 55.7 Å². The second-order valence-corrected chi connectivity index (χ2v) is 7.19. The fourth-order valence-electron chi connectivity index (χ4n) is 2.94. The van der Waals surface area contributed by atoms with Gasteiger partial charge >= 0.3 is 5.69 Å². The highest BCUT2D eigenvalue weighted by Gasteiger charge is 2.21. The summed E-state index contributed by atoms with van der Waals surface area (Å²) < 4.78 is 15.5. The van der Waals surface area contributed by atoms with Crippen molar-refractivity contribution in [3.8, 4) is 5.69 Å². The van der Waals surface area contributed by atoms with Gasteiger partial charge in [0.15, 0.2) is 0 Å². The van der Waals surface area contributed by atoms with E-state index in [1.807, 2.05) is 19.9 Å². The minimum absolute atomic E-state index is 0.172. The predicted molar refractivity (Wildman–Crippen MR) is 112 cm³/mol. The van der Waals surface area contributed by atoms with E-state index in [1.165, 1.54) is 18.2 Å². The smallest absolute Gasteiger partial charge is 0.348 e. The summed E-state index contributed by atoms with van der Waals surface area (Å²) >= 11 is 0. The second kappa shape index (κ2) is 8.86. The van der Waals surface area contributed by atoms with Crippen LogP contribution in [0.4, 0.5) is 4.39 Å². The summed E-state index contributed by atoms with van der Waals surface area (Å²) in [5.41, 5.74) is -0.207. The molecule has 0 radical (unpaired) electrons. The van der Waals surface area contributed by atoms with Crippen LogP contribution in [0, 0.1) is 12.7 Å². The summed E-state index contributed by atoms with van der Waals surface area (Å²) in [5, 5.41) is 6.78. The van der Waals surface area contributed by atoms with Crippen LogP contribution in [-0.4, -0.2) is 26.3 Å². The Labute approximate surface area is 172 Å². The SMILES string of the molecule is CCC(C)NC(=O)c1nn(-c2cccc(C)c2)c(=O)n(Cc2cccc(F)c2)c1=O. The summed E-state index contributed by atoms with van der Waals surface area (Å²) in [7, 11) is 0. The maximum absolute atomic E-state index is 13.6.